The number of benzene rings is 1. The summed E-state index contributed by atoms with van der Waals surface area (Å²) < 4.78 is 2.25. The van der Waals surface area contributed by atoms with Crippen molar-refractivity contribution in [1.29, 1.82) is 0 Å². The third-order valence-electron chi connectivity index (χ3n) is 5.00. The first-order valence-corrected chi connectivity index (χ1v) is 9.71. The average molecular weight is 378 g/mol. The monoisotopic (exact) mass is 377 g/mol. The van der Waals surface area contributed by atoms with Gasteiger partial charge in [-0.3, -0.25) is 0 Å². The maximum absolute atomic E-state index is 4.54. The molecule has 0 amide bonds. The van der Waals surface area contributed by atoms with Crippen molar-refractivity contribution in [3.8, 4) is 0 Å². The molecule has 3 heterocycles. The molecule has 1 atom stereocenters. The minimum absolute atomic E-state index is 0.186. The smallest absolute Gasteiger partial charge is 0.227 e. The summed E-state index contributed by atoms with van der Waals surface area (Å²) >= 11 is 1.69. The summed E-state index contributed by atoms with van der Waals surface area (Å²) in [5, 5.41) is 6.67. The number of hydrogen-bond donors (Lipinski definition) is 2. The normalized spacial score (nSPS) is 19.1. The van der Waals surface area contributed by atoms with Gasteiger partial charge in [0, 0.05) is 34.5 Å². The van der Waals surface area contributed by atoms with E-state index >= 15 is 0 Å². The van der Waals surface area contributed by atoms with Crippen LogP contribution in [-0.2, 0) is 0 Å². The Morgan fingerprint density at radius 3 is 2.81 bits per heavy atom. The zero-order valence-corrected chi connectivity index (χ0v) is 16.5. The van der Waals surface area contributed by atoms with Crippen LogP contribution in [0, 0.1) is 13.8 Å². The first-order valence-electron chi connectivity index (χ1n) is 8.94. The van der Waals surface area contributed by atoms with Crippen molar-refractivity contribution < 1.29 is 0 Å². The fraction of sp³-hybridized carbons (Fsp3) is 0.238. The Morgan fingerprint density at radius 1 is 1.26 bits per heavy atom. The Kier molecular flexibility index (Phi) is 4.44. The molecule has 1 aromatic carbocycles. The van der Waals surface area contributed by atoms with Crippen molar-refractivity contribution in [1.82, 2.24) is 19.6 Å². The number of fused-ring (bicyclic) bond motifs is 1. The van der Waals surface area contributed by atoms with E-state index in [2.05, 4.69) is 56.8 Å². The topological polar surface area (TPSA) is 53.1 Å². The Balaban J connectivity index is 1.62. The molecule has 5 nitrogen and oxygen atoms in total. The number of piperidine rings is 1. The molecule has 0 aliphatic carbocycles. The van der Waals surface area contributed by atoms with E-state index in [0.717, 1.165) is 57.3 Å². The van der Waals surface area contributed by atoms with Gasteiger partial charge in [-0.2, -0.15) is 0 Å². The van der Waals surface area contributed by atoms with Gasteiger partial charge in [0.1, 0.15) is 0 Å². The standard InChI is InChI=1S/C21H23N5S/c1-12-11-22-21(24-14(12)3)25-18-8-6-7-17-16(5)26(27-20(17)18)19-10-9-13(2)23-15(19)4/h6-8,11,19,23H,2,4-5,9-10H2,1,3H3,(H,22,24,25). The van der Waals surface area contributed by atoms with E-state index in [1.165, 1.54) is 0 Å². The van der Waals surface area contributed by atoms with Crippen molar-refractivity contribution in [3.05, 3.63) is 72.3 Å². The largest absolute Gasteiger partial charge is 0.362 e. The second kappa shape index (κ2) is 6.78. The fourth-order valence-electron chi connectivity index (χ4n) is 3.31. The number of rotatable bonds is 3. The zero-order chi connectivity index (χ0) is 19.1. The Bertz CT molecular complexity index is 965. The molecule has 2 aliphatic rings. The quantitative estimate of drug-likeness (QED) is 0.741. The first-order chi connectivity index (χ1) is 12.9. The number of hydrogen-bond acceptors (Lipinski definition) is 6. The summed E-state index contributed by atoms with van der Waals surface area (Å²) in [6.07, 6.45) is 3.76. The molecule has 6 heteroatoms. The summed E-state index contributed by atoms with van der Waals surface area (Å²) in [5.41, 5.74) is 7.17. The van der Waals surface area contributed by atoms with E-state index < -0.39 is 0 Å². The van der Waals surface area contributed by atoms with Gasteiger partial charge in [-0.05, 0) is 50.3 Å². The number of aryl methyl sites for hydroxylation is 2. The molecular formula is C21H23N5S. The second-order valence-electron chi connectivity index (χ2n) is 6.94. The Hall–Kier alpha value is -2.73. The maximum atomic E-state index is 4.54. The Labute approximate surface area is 164 Å². The van der Waals surface area contributed by atoms with Crippen molar-refractivity contribution in [2.45, 2.75) is 37.6 Å². The number of nitrogens with zero attached hydrogens (tertiary/aromatic N) is 3. The van der Waals surface area contributed by atoms with Crippen LogP contribution in [0.4, 0.5) is 11.6 Å². The lowest BCUT2D eigenvalue weighted by Gasteiger charge is -2.35. The third kappa shape index (κ3) is 3.21. The lowest BCUT2D eigenvalue weighted by atomic mass is 10.0. The van der Waals surface area contributed by atoms with Crippen LogP contribution < -0.4 is 10.6 Å². The van der Waals surface area contributed by atoms with E-state index in [-0.39, 0.29) is 6.04 Å². The van der Waals surface area contributed by atoms with Crippen molar-refractivity contribution in [2.24, 2.45) is 0 Å². The fourth-order valence-corrected chi connectivity index (χ4v) is 4.58. The van der Waals surface area contributed by atoms with Gasteiger partial charge in [0.2, 0.25) is 5.95 Å². The number of nitrogens with one attached hydrogen (secondary N) is 2. The third-order valence-corrected chi connectivity index (χ3v) is 6.29. The van der Waals surface area contributed by atoms with Crippen LogP contribution in [0.15, 0.2) is 60.4 Å². The van der Waals surface area contributed by atoms with Crippen LogP contribution >= 0.6 is 11.9 Å². The molecule has 0 saturated carbocycles. The van der Waals surface area contributed by atoms with Crippen molar-refractivity contribution >= 4 is 29.3 Å². The van der Waals surface area contributed by atoms with Gasteiger partial charge in [0.05, 0.1) is 16.6 Å². The highest BCUT2D eigenvalue weighted by Gasteiger charge is 2.34. The highest BCUT2D eigenvalue weighted by Crippen LogP contribution is 2.49. The molecule has 0 spiro atoms. The van der Waals surface area contributed by atoms with Gasteiger partial charge in [0.15, 0.2) is 0 Å². The molecule has 1 aromatic heterocycles. The summed E-state index contributed by atoms with van der Waals surface area (Å²) in [6, 6.07) is 6.38. The predicted molar refractivity (Wildman–Crippen MR) is 112 cm³/mol. The summed E-state index contributed by atoms with van der Waals surface area (Å²) in [5.74, 6) is 0.608. The number of allylic oxidation sites excluding steroid dienone is 1. The van der Waals surface area contributed by atoms with Crippen molar-refractivity contribution in [3.63, 3.8) is 0 Å². The van der Waals surface area contributed by atoms with Crippen LogP contribution in [0.2, 0.25) is 0 Å². The van der Waals surface area contributed by atoms with Gasteiger partial charge < -0.3 is 14.9 Å². The van der Waals surface area contributed by atoms with E-state index in [4.69, 9.17) is 0 Å². The average Bonchev–Trinajstić information content (AvgIpc) is 2.96. The van der Waals surface area contributed by atoms with Gasteiger partial charge >= 0.3 is 0 Å². The molecule has 27 heavy (non-hydrogen) atoms. The van der Waals surface area contributed by atoms with Gasteiger partial charge in [-0.1, -0.05) is 31.9 Å². The molecule has 2 aromatic rings. The molecule has 1 saturated heterocycles. The number of anilines is 2. The van der Waals surface area contributed by atoms with E-state index in [0.29, 0.717) is 5.95 Å². The van der Waals surface area contributed by atoms with Gasteiger partial charge in [-0.25, -0.2) is 9.97 Å². The van der Waals surface area contributed by atoms with E-state index in [1.807, 2.05) is 26.1 Å². The second-order valence-corrected chi connectivity index (χ2v) is 7.93. The van der Waals surface area contributed by atoms with Crippen LogP contribution in [0.25, 0.3) is 5.70 Å². The predicted octanol–water partition coefficient (Wildman–Crippen LogP) is 4.91. The Morgan fingerprint density at radius 2 is 2.07 bits per heavy atom. The summed E-state index contributed by atoms with van der Waals surface area (Å²) in [7, 11) is 0. The lowest BCUT2D eigenvalue weighted by molar-refractivity contribution is 0.438. The van der Waals surface area contributed by atoms with E-state index in [9.17, 15) is 0 Å². The van der Waals surface area contributed by atoms with Gasteiger partial charge in [0.25, 0.3) is 0 Å². The molecule has 4 rings (SSSR count). The summed E-state index contributed by atoms with van der Waals surface area (Å²) in [6.45, 7) is 16.5. The van der Waals surface area contributed by atoms with Crippen LogP contribution in [0.3, 0.4) is 0 Å². The first kappa shape index (κ1) is 17.7. The molecule has 0 radical (unpaired) electrons. The van der Waals surface area contributed by atoms with E-state index in [1.54, 1.807) is 11.9 Å². The van der Waals surface area contributed by atoms with Crippen LogP contribution in [0.5, 0.6) is 0 Å². The van der Waals surface area contributed by atoms with Crippen LogP contribution in [-0.4, -0.2) is 20.3 Å². The maximum Gasteiger partial charge on any atom is 0.227 e. The SMILES string of the molecule is C=C1CCC(N2Sc3c(Nc4ncc(C)c(C)n4)cccc3C2=C)C(=C)N1. The minimum atomic E-state index is 0.186. The molecular weight excluding hydrogens is 354 g/mol. The molecule has 2 N–H and O–H groups in total. The highest BCUT2D eigenvalue weighted by atomic mass is 32.2. The molecule has 2 aliphatic heterocycles. The highest BCUT2D eigenvalue weighted by molar-refractivity contribution is 7.98. The lowest BCUT2D eigenvalue weighted by Crippen LogP contribution is -2.37. The molecule has 1 fully saturated rings. The summed E-state index contributed by atoms with van der Waals surface area (Å²) in [4.78, 5) is 10.1. The zero-order valence-electron chi connectivity index (χ0n) is 15.7. The van der Waals surface area contributed by atoms with Crippen LogP contribution in [0.1, 0.15) is 29.7 Å². The van der Waals surface area contributed by atoms with Crippen molar-refractivity contribution in [2.75, 3.05) is 5.32 Å². The molecule has 138 valence electrons. The van der Waals surface area contributed by atoms with Gasteiger partial charge in [-0.15, -0.1) is 0 Å². The molecule has 1 unspecified atom stereocenters. The molecule has 0 bridgehead atoms. The minimum Gasteiger partial charge on any atom is -0.362 e. The number of aromatic nitrogens is 2.